The number of carbonyl (C=O) groups is 1. The van der Waals surface area contributed by atoms with Gasteiger partial charge >= 0.3 is 0 Å². The van der Waals surface area contributed by atoms with Gasteiger partial charge in [0.05, 0.1) is 18.9 Å². The van der Waals surface area contributed by atoms with Crippen LogP contribution < -0.4 is 5.32 Å². The van der Waals surface area contributed by atoms with Crippen molar-refractivity contribution in [1.82, 2.24) is 19.9 Å². The number of nitrogens with zero attached hydrogens (tertiary/aromatic N) is 4. The van der Waals surface area contributed by atoms with E-state index >= 15 is 0 Å². The fourth-order valence-corrected chi connectivity index (χ4v) is 3.90. The Kier molecular flexibility index (Phi) is 5.47. The van der Waals surface area contributed by atoms with Crippen molar-refractivity contribution in [2.75, 3.05) is 31.6 Å². The molecule has 8 heteroatoms. The fraction of sp³-hybridized carbons (Fsp3) is 0.263. The highest BCUT2D eigenvalue weighted by Crippen LogP contribution is 2.32. The van der Waals surface area contributed by atoms with Crippen molar-refractivity contribution in [1.29, 1.82) is 0 Å². The average molecular weight is 381 g/mol. The molecule has 0 unspecified atom stereocenters. The summed E-state index contributed by atoms with van der Waals surface area (Å²) in [6.07, 6.45) is 6.71. The number of morpholine rings is 1. The molecule has 7 nitrogen and oxygen atoms in total. The number of pyridine rings is 2. The van der Waals surface area contributed by atoms with Gasteiger partial charge in [-0.15, -0.1) is 0 Å². The molecule has 1 N–H and O–H groups in total. The van der Waals surface area contributed by atoms with Crippen molar-refractivity contribution in [2.45, 2.75) is 6.54 Å². The molecule has 0 radical (unpaired) electrons. The Balaban J connectivity index is 1.60. The Hall–Kier alpha value is -2.68. The van der Waals surface area contributed by atoms with Crippen molar-refractivity contribution in [2.24, 2.45) is 0 Å². The maximum atomic E-state index is 12.5. The monoisotopic (exact) mass is 381 g/mol. The number of ether oxygens (including phenoxy) is 1. The second-order valence-corrected chi connectivity index (χ2v) is 7.19. The number of hydrogen-bond donors (Lipinski definition) is 1. The van der Waals surface area contributed by atoms with Gasteiger partial charge in [0.15, 0.2) is 5.13 Å². The van der Waals surface area contributed by atoms with E-state index in [9.17, 15) is 4.79 Å². The minimum atomic E-state index is -0.189. The smallest absolute Gasteiger partial charge is 0.257 e. The van der Waals surface area contributed by atoms with Crippen LogP contribution in [0.2, 0.25) is 0 Å². The van der Waals surface area contributed by atoms with Gasteiger partial charge in [0.2, 0.25) is 0 Å². The third-order valence-electron chi connectivity index (χ3n) is 4.28. The molecule has 1 aliphatic heterocycles. The molecular formula is C19H19N5O2S. The van der Waals surface area contributed by atoms with Gasteiger partial charge in [0, 0.05) is 60.4 Å². The van der Waals surface area contributed by atoms with Crippen LogP contribution in [0.1, 0.15) is 15.2 Å². The molecule has 0 saturated carbocycles. The number of anilines is 1. The van der Waals surface area contributed by atoms with Crippen LogP contribution in [0.15, 0.2) is 49.1 Å². The summed E-state index contributed by atoms with van der Waals surface area (Å²) < 4.78 is 5.43. The molecule has 4 heterocycles. The zero-order valence-corrected chi connectivity index (χ0v) is 15.5. The summed E-state index contributed by atoms with van der Waals surface area (Å²) in [4.78, 5) is 28.6. The van der Waals surface area contributed by atoms with E-state index in [1.54, 1.807) is 36.9 Å². The predicted octanol–water partition coefficient (Wildman–Crippen LogP) is 2.68. The number of thiazole rings is 1. The van der Waals surface area contributed by atoms with E-state index in [2.05, 4.69) is 20.2 Å². The molecule has 138 valence electrons. The first-order valence-electron chi connectivity index (χ1n) is 8.71. The lowest BCUT2D eigenvalue weighted by Gasteiger charge is -2.26. The van der Waals surface area contributed by atoms with Gasteiger partial charge in [-0.3, -0.25) is 25.0 Å². The van der Waals surface area contributed by atoms with E-state index < -0.39 is 0 Å². The van der Waals surface area contributed by atoms with E-state index in [0.29, 0.717) is 10.7 Å². The molecule has 0 bridgehead atoms. The van der Waals surface area contributed by atoms with E-state index in [1.807, 2.05) is 12.1 Å². The molecule has 3 aromatic rings. The molecule has 3 aromatic heterocycles. The minimum absolute atomic E-state index is 0.189. The summed E-state index contributed by atoms with van der Waals surface area (Å²) >= 11 is 1.51. The third-order valence-corrected chi connectivity index (χ3v) is 5.24. The topological polar surface area (TPSA) is 80.2 Å². The van der Waals surface area contributed by atoms with Crippen LogP contribution in [0, 0.1) is 0 Å². The van der Waals surface area contributed by atoms with Gasteiger partial charge in [0.25, 0.3) is 5.91 Å². The molecule has 1 fully saturated rings. The Bertz CT molecular complexity index is 895. The summed E-state index contributed by atoms with van der Waals surface area (Å²) in [5.74, 6) is -0.189. The highest BCUT2D eigenvalue weighted by molar-refractivity contribution is 7.16. The molecule has 1 saturated heterocycles. The van der Waals surface area contributed by atoms with Gasteiger partial charge in [0.1, 0.15) is 0 Å². The van der Waals surface area contributed by atoms with E-state index in [-0.39, 0.29) is 5.91 Å². The van der Waals surface area contributed by atoms with Crippen molar-refractivity contribution in [3.05, 3.63) is 59.5 Å². The van der Waals surface area contributed by atoms with Gasteiger partial charge < -0.3 is 4.74 Å². The largest absolute Gasteiger partial charge is 0.379 e. The zero-order chi connectivity index (χ0) is 18.5. The normalized spacial score (nSPS) is 14.8. The number of amides is 1. The number of nitrogens with one attached hydrogen (secondary N) is 1. The lowest BCUT2D eigenvalue weighted by molar-refractivity contribution is 0.0347. The Morgan fingerprint density at radius 1 is 1.07 bits per heavy atom. The SMILES string of the molecule is O=C(Nc1nc(-c2ccncc2)c(CN2CCOCC2)s1)c1ccncc1. The van der Waals surface area contributed by atoms with Crippen LogP contribution in [0.5, 0.6) is 0 Å². The second kappa shape index (κ2) is 8.34. The highest BCUT2D eigenvalue weighted by atomic mass is 32.1. The molecule has 0 aromatic carbocycles. The summed E-state index contributed by atoms with van der Waals surface area (Å²) in [6, 6.07) is 7.24. The van der Waals surface area contributed by atoms with Crippen molar-refractivity contribution in [3.8, 4) is 11.3 Å². The molecule has 0 aliphatic carbocycles. The third kappa shape index (κ3) is 4.36. The van der Waals surface area contributed by atoms with Crippen LogP contribution in [-0.2, 0) is 11.3 Å². The van der Waals surface area contributed by atoms with Crippen molar-refractivity contribution < 1.29 is 9.53 Å². The number of hydrogen-bond acceptors (Lipinski definition) is 7. The maximum absolute atomic E-state index is 12.5. The van der Waals surface area contributed by atoms with Gasteiger partial charge in [-0.2, -0.15) is 0 Å². The fourth-order valence-electron chi connectivity index (χ4n) is 2.88. The molecule has 0 atom stereocenters. The molecular weight excluding hydrogens is 362 g/mol. The van der Waals surface area contributed by atoms with E-state index in [4.69, 9.17) is 9.72 Å². The Morgan fingerprint density at radius 2 is 1.74 bits per heavy atom. The van der Waals surface area contributed by atoms with Crippen LogP contribution in [0.25, 0.3) is 11.3 Å². The van der Waals surface area contributed by atoms with Gasteiger partial charge in [-0.05, 0) is 24.3 Å². The first-order chi connectivity index (χ1) is 13.3. The van der Waals surface area contributed by atoms with Crippen molar-refractivity contribution >= 4 is 22.4 Å². The molecule has 1 amide bonds. The molecule has 4 rings (SSSR count). The summed E-state index contributed by atoms with van der Waals surface area (Å²) in [5.41, 5.74) is 2.44. The van der Waals surface area contributed by atoms with Gasteiger partial charge in [-0.25, -0.2) is 4.98 Å². The van der Waals surface area contributed by atoms with Crippen LogP contribution >= 0.6 is 11.3 Å². The quantitative estimate of drug-likeness (QED) is 0.732. The molecule has 0 spiro atoms. The highest BCUT2D eigenvalue weighted by Gasteiger charge is 2.19. The first kappa shape index (κ1) is 17.7. The van der Waals surface area contributed by atoms with Crippen LogP contribution in [0.4, 0.5) is 5.13 Å². The first-order valence-corrected chi connectivity index (χ1v) is 9.53. The van der Waals surface area contributed by atoms with Crippen molar-refractivity contribution in [3.63, 3.8) is 0 Å². The minimum Gasteiger partial charge on any atom is -0.379 e. The molecule has 27 heavy (non-hydrogen) atoms. The molecule has 1 aliphatic rings. The van der Waals surface area contributed by atoms with Crippen LogP contribution in [-0.4, -0.2) is 52.1 Å². The summed E-state index contributed by atoms with van der Waals surface area (Å²) in [7, 11) is 0. The van der Waals surface area contributed by atoms with E-state index in [0.717, 1.165) is 49.0 Å². The van der Waals surface area contributed by atoms with E-state index in [1.165, 1.54) is 11.3 Å². The Labute approximate surface area is 161 Å². The lowest BCUT2D eigenvalue weighted by Crippen LogP contribution is -2.35. The standard InChI is InChI=1S/C19H19N5O2S/c25-18(15-3-7-21-8-4-15)23-19-22-17(14-1-5-20-6-2-14)16(27-19)13-24-9-11-26-12-10-24/h1-8H,9-13H2,(H,22,23,25). The maximum Gasteiger partial charge on any atom is 0.257 e. The average Bonchev–Trinajstić information content (AvgIpc) is 3.12. The van der Waals surface area contributed by atoms with Crippen LogP contribution in [0.3, 0.4) is 0 Å². The number of carbonyl (C=O) groups excluding carboxylic acids is 1. The Morgan fingerprint density at radius 3 is 2.44 bits per heavy atom. The zero-order valence-electron chi connectivity index (χ0n) is 14.7. The number of rotatable bonds is 5. The van der Waals surface area contributed by atoms with Gasteiger partial charge in [-0.1, -0.05) is 11.3 Å². The summed E-state index contributed by atoms with van der Waals surface area (Å²) in [5, 5.41) is 3.50. The summed E-state index contributed by atoms with van der Waals surface area (Å²) in [6.45, 7) is 4.06. The second-order valence-electron chi connectivity index (χ2n) is 6.11. The predicted molar refractivity (Wildman–Crippen MR) is 104 cm³/mol. The number of aromatic nitrogens is 3. The lowest BCUT2D eigenvalue weighted by atomic mass is 10.1.